The van der Waals surface area contributed by atoms with Crippen molar-refractivity contribution in [2.75, 3.05) is 13.1 Å². The van der Waals surface area contributed by atoms with E-state index in [9.17, 15) is 0 Å². The van der Waals surface area contributed by atoms with Crippen LogP contribution in [-0.4, -0.2) is 23.0 Å². The summed E-state index contributed by atoms with van der Waals surface area (Å²) in [7, 11) is 0. The van der Waals surface area contributed by atoms with E-state index in [0.717, 1.165) is 18.8 Å². The molecule has 1 saturated heterocycles. The summed E-state index contributed by atoms with van der Waals surface area (Å²) >= 11 is 6.15. The van der Waals surface area contributed by atoms with Crippen molar-refractivity contribution < 1.29 is 0 Å². The van der Waals surface area contributed by atoms with Crippen LogP contribution >= 0.6 is 11.6 Å². The lowest BCUT2D eigenvalue weighted by Gasteiger charge is -2.36. The number of halogens is 1. The fourth-order valence-corrected chi connectivity index (χ4v) is 5.25. The van der Waals surface area contributed by atoms with Crippen LogP contribution in [0.4, 0.5) is 0 Å². The molecule has 1 aromatic heterocycles. The Morgan fingerprint density at radius 1 is 1.17 bits per heavy atom. The van der Waals surface area contributed by atoms with E-state index in [4.69, 9.17) is 16.6 Å². The number of nitrogens with zero attached hydrogens (tertiary/aromatic N) is 2. The van der Waals surface area contributed by atoms with Gasteiger partial charge in [0.05, 0.1) is 5.02 Å². The van der Waals surface area contributed by atoms with Gasteiger partial charge in [-0.15, -0.1) is 0 Å². The number of hydrogen-bond donors (Lipinski definition) is 0. The SMILES string of the molecule is C=C(C)CN1CC2C(C=CC(c3ccc(C)cc3C)C2c2ccc(Cl)cn2)C1=C. The molecule has 150 valence electrons. The van der Waals surface area contributed by atoms with Crippen LogP contribution in [-0.2, 0) is 0 Å². The third kappa shape index (κ3) is 3.79. The number of fused-ring (bicyclic) bond motifs is 1. The lowest BCUT2D eigenvalue weighted by Crippen LogP contribution is -2.29. The summed E-state index contributed by atoms with van der Waals surface area (Å²) in [4.78, 5) is 7.16. The Bertz CT molecular complexity index is 973. The molecular weight excluding hydrogens is 376 g/mol. The number of allylic oxidation sites excluding steroid dienone is 2. The Hall–Kier alpha value is -2.32. The topological polar surface area (TPSA) is 16.1 Å². The maximum atomic E-state index is 6.15. The van der Waals surface area contributed by atoms with Gasteiger partial charge in [0.25, 0.3) is 0 Å². The maximum absolute atomic E-state index is 6.15. The van der Waals surface area contributed by atoms with Gasteiger partial charge in [0, 0.05) is 48.4 Å². The lowest BCUT2D eigenvalue weighted by atomic mass is 9.67. The fraction of sp³-hybridized carbons (Fsp3) is 0.346. The van der Waals surface area contributed by atoms with Gasteiger partial charge in [0.1, 0.15) is 0 Å². The van der Waals surface area contributed by atoms with Gasteiger partial charge in [-0.25, -0.2) is 0 Å². The summed E-state index contributed by atoms with van der Waals surface area (Å²) in [5.74, 6) is 1.36. The number of rotatable bonds is 4. The number of aryl methyl sites for hydroxylation is 2. The minimum absolute atomic E-state index is 0.288. The van der Waals surface area contributed by atoms with Crippen molar-refractivity contribution in [1.82, 2.24) is 9.88 Å². The highest BCUT2D eigenvalue weighted by Gasteiger charge is 2.45. The second-order valence-corrected chi connectivity index (χ2v) is 9.15. The Morgan fingerprint density at radius 3 is 2.59 bits per heavy atom. The molecule has 3 heteroatoms. The Kier molecular flexibility index (Phi) is 5.40. The summed E-state index contributed by atoms with van der Waals surface area (Å²) in [6, 6.07) is 10.9. The molecule has 2 heterocycles. The average molecular weight is 405 g/mol. The van der Waals surface area contributed by atoms with Gasteiger partial charge >= 0.3 is 0 Å². The van der Waals surface area contributed by atoms with E-state index in [0.29, 0.717) is 22.8 Å². The first-order valence-electron chi connectivity index (χ1n) is 10.3. The normalized spacial score (nSPS) is 25.9. The van der Waals surface area contributed by atoms with Gasteiger partial charge in [-0.1, -0.05) is 66.2 Å². The summed E-state index contributed by atoms with van der Waals surface area (Å²) in [5, 5.41) is 0.680. The van der Waals surface area contributed by atoms with Crippen molar-refractivity contribution in [1.29, 1.82) is 0 Å². The lowest BCUT2D eigenvalue weighted by molar-refractivity contribution is 0.321. The van der Waals surface area contributed by atoms with Crippen molar-refractivity contribution in [2.45, 2.75) is 32.6 Å². The van der Waals surface area contributed by atoms with Gasteiger partial charge < -0.3 is 4.90 Å². The summed E-state index contributed by atoms with van der Waals surface area (Å²) in [6.45, 7) is 16.9. The number of hydrogen-bond acceptors (Lipinski definition) is 2. The van der Waals surface area contributed by atoms with Crippen molar-refractivity contribution in [3.63, 3.8) is 0 Å². The second kappa shape index (κ2) is 7.84. The standard InChI is InChI=1S/C26H29ClN2/c1-16(2)14-29-15-24-22(19(29)5)9-10-23(21-8-6-17(3)12-18(21)4)26(24)25-11-7-20(27)13-28-25/h6-13,22-24,26H,1,5,14-15H2,2-4H3. The van der Waals surface area contributed by atoms with Gasteiger partial charge in [-0.2, -0.15) is 0 Å². The molecule has 1 aliphatic heterocycles. The van der Waals surface area contributed by atoms with Crippen LogP contribution in [0.2, 0.25) is 5.02 Å². The zero-order valence-corrected chi connectivity index (χ0v) is 18.3. The monoisotopic (exact) mass is 404 g/mol. The molecule has 4 rings (SSSR count). The van der Waals surface area contributed by atoms with Crippen LogP contribution in [0, 0.1) is 25.7 Å². The molecule has 0 bridgehead atoms. The van der Waals surface area contributed by atoms with E-state index in [1.54, 1.807) is 6.20 Å². The van der Waals surface area contributed by atoms with Gasteiger partial charge in [-0.05, 0) is 49.9 Å². The number of pyridine rings is 1. The van der Waals surface area contributed by atoms with Crippen LogP contribution in [0.5, 0.6) is 0 Å². The molecule has 0 amide bonds. The molecule has 0 N–H and O–H groups in total. The van der Waals surface area contributed by atoms with E-state index < -0.39 is 0 Å². The first-order chi connectivity index (χ1) is 13.8. The molecule has 0 radical (unpaired) electrons. The zero-order valence-electron chi connectivity index (χ0n) is 17.5. The quantitative estimate of drug-likeness (QED) is 0.546. The predicted octanol–water partition coefficient (Wildman–Crippen LogP) is 6.43. The molecule has 29 heavy (non-hydrogen) atoms. The molecule has 1 fully saturated rings. The van der Waals surface area contributed by atoms with Crippen molar-refractivity contribution in [3.8, 4) is 0 Å². The Labute approximate surface area is 179 Å². The van der Waals surface area contributed by atoms with Crippen LogP contribution in [0.1, 0.15) is 41.1 Å². The van der Waals surface area contributed by atoms with Gasteiger partial charge in [0.2, 0.25) is 0 Å². The molecule has 4 unspecified atom stereocenters. The maximum Gasteiger partial charge on any atom is 0.0589 e. The van der Waals surface area contributed by atoms with E-state index in [2.05, 4.69) is 75.2 Å². The number of likely N-dealkylation sites (tertiary alicyclic amines) is 1. The van der Waals surface area contributed by atoms with Gasteiger partial charge in [-0.3, -0.25) is 4.98 Å². The van der Waals surface area contributed by atoms with Gasteiger partial charge in [0.15, 0.2) is 0 Å². The molecule has 1 aromatic carbocycles. The van der Waals surface area contributed by atoms with E-state index in [1.807, 2.05) is 6.07 Å². The molecule has 4 atom stereocenters. The molecule has 2 aliphatic rings. The summed E-state index contributed by atoms with van der Waals surface area (Å²) < 4.78 is 0. The summed E-state index contributed by atoms with van der Waals surface area (Å²) in [5.41, 5.74) is 7.51. The zero-order chi connectivity index (χ0) is 20.7. The summed E-state index contributed by atoms with van der Waals surface area (Å²) in [6.07, 6.45) is 6.54. The highest BCUT2D eigenvalue weighted by molar-refractivity contribution is 6.30. The van der Waals surface area contributed by atoms with Crippen LogP contribution < -0.4 is 0 Å². The van der Waals surface area contributed by atoms with Crippen molar-refractivity contribution in [3.05, 3.63) is 101 Å². The Balaban J connectivity index is 1.79. The average Bonchev–Trinajstić information content (AvgIpc) is 2.97. The molecule has 2 aromatic rings. The minimum Gasteiger partial charge on any atom is -0.370 e. The molecule has 0 spiro atoms. The smallest absolute Gasteiger partial charge is 0.0589 e. The molecular formula is C26H29ClN2. The first-order valence-corrected chi connectivity index (χ1v) is 10.7. The number of benzene rings is 1. The third-order valence-electron chi connectivity index (χ3n) is 6.39. The first kappa shape index (κ1) is 20.0. The second-order valence-electron chi connectivity index (χ2n) is 8.72. The van der Waals surface area contributed by atoms with Crippen molar-refractivity contribution in [2.24, 2.45) is 11.8 Å². The van der Waals surface area contributed by atoms with Crippen LogP contribution in [0.25, 0.3) is 0 Å². The van der Waals surface area contributed by atoms with E-state index in [1.165, 1.54) is 28.0 Å². The Morgan fingerprint density at radius 2 is 1.93 bits per heavy atom. The number of aromatic nitrogens is 1. The third-order valence-corrected chi connectivity index (χ3v) is 6.62. The largest absolute Gasteiger partial charge is 0.370 e. The minimum atomic E-state index is 0.288. The molecule has 1 aliphatic carbocycles. The predicted molar refractivity (Wildman–Crippen MR) is 122 cm³/mol. The van der Waals surface area contributed by atoms with Crippen LogP contribution in [0.3, 0.4) is 0 Å². The van der Waals surface area contributed by atoms with E-state index >= 15 is 0 Å². The van der Waals surface area contributed by atoms with Crippen molar-refractivity contribution >= 4 is 11.6 Å². The molecule has 2 nitrogen and oxygen atoms in total. The highest BCUT2D eigenvalue weighted by Crippen LogP contribution is 2.52. The van der Waals surface area contributed by atoms with Crippen LogP contribution in [0.15, 0.2) is 73.1 Å². The fourth-order valence-electron chi connectivity index (χ4n) is 5.14. The molecule has 0 saturated carbocycles. The highest BCUT2D eigenvalue weighted by atomic mass is 35.5. The van der Waals surface area contributed by atoms with E-state index in [-0.39, 0.29) is 5.92 Å².